The minimum absolute atomic E-state index is 0.0120. The summed E-state index contributed by atoms with van der Waals surface area (Å²) in [5, 5.41) is 6.85. The van der Waals surface area contributed by atoms with E-state index in [4.69, 9.17) is 14.2 Å². The zero-order valence-corrected chi connectivity index (χ0v) is 41.5. The zero-order valence-electron chi connectivity index (χ0n) is 41.5. The molecule has 14 heteroatoms. The average molecular weight is 915 g/mol. The van der Waals surface area contributed by atoms with E-state index in [2.05, 4.69) is 63.6 Å². The van der Waals surface area contributed by atoms with E-state index < -0.39 is 73.6 Å². The van der Waals surface area contributed by atoms with Crippen molar-refractivity contribution in [2.45, 2.75) is 196 Å². The third-order valence-electron chi connectivity index (χ3n) is 15.4. The van der Waals surface area contributed by atoms with Gasteiger partial charge in [0.15, 0.2) is 0 Å². The summed E-state index contributed by atoms with van der Waals surface area (Å²) in [7, 11) is 0. The molecule has 0 saturated heterocycles. The number of carbonyl (C=O) groups is 3. The maximum Gasteiger partial charge on any atom is 0.410 e. The van der Waals surface area contributed by atoms with Gasteiger partial charge < -0.3 is 35.1 Å². The molecule has 3 amide bonds. The fraction of sp³-hybridized carbons (Fsp3) is 0.900. The zero-order chi connectivity index (χ0) is 47.9. The lowest BCUT2D eigenvalue weighted by Gasteiger charge is -2.58. The van der Waals surface area contributed by atoms with Crippen LogP contribution in [0.5, 0.6) is 0 Å². The van der Waals surface area contributed by atoms with Crippen LogP contribution in [0.3, 0.4) is 0 Å². The molecule has 4 aliphatic rings. The number of alkyl carbamates (subject to hydrolysis) is 2. The summed E-state index contributed by atoms with van der Waals surface area (Å²) in [5.74, 6) is -1.83. The summed E-state index contributed by atoms with van der Waals surface area (Å²) >= 11 is 0. The van der Waals surface area contributed by atoms with Gasteiger partial charge in [-0.1, -0.05) is 66.0 Å². The highest BCUT2D eigenvalue weighted by Crippen LogP contribution is 2.67. The van der Waals surface area contributed by atoms with Crippen LogP contribution in [-0.2, 0) is 14.2 Å². The van der Waals surface area contributed by atoms with Gasteiger partial charge in [0.25, 0.3) is 11.8 Å². The molecule has 0 radical (unpaired) electrons. The Morgan fingerprint density at radius 2 is 1.44 bits per heavy atom. The second kappa shape index (κ2) is 21.9. The summed E-state index contributed by atoms with van der Waals surface area (Å²) in [6, 6.07) is 0. The van der Waals surface area contributed by atoms with Gasteiger partial charge in [0, 0.05) is 13.0 Å². The normalized spacial score (nSPS) is 28.2. The van der Waals surface area contributed by atoms with Gasteiger partial charge in [-0.25, -0.2) is 31.9 Å². The Balaban J connectivity index is 1.35. The van der Waals surface area contributed by atoms with Crippen molar-refractivity contribution in [2.24, 2.45) is 52.3 Å². The monoisotopic (exact) mass is 915 g/mol. The number of halogens is 4. The summed E-state index contributed by atoms with van der Waals surface area (Å²) in [6.45, 7) is 20.7. The molecular weight excluding hydrogens is 829 g/mol. The Labute approximate surface area is 383 Å². The van der Waals surface area contributed by atoms with Gasteiger partial charge in [-0.05, 0) is 165 Å². The molecule has 0 aromatic heterocycles. The van der Waals surface area contributed by atoms with Crippen LogP contribution in [-0.4, -0.2) is 91.6 Å². The first-order chi connectivity index (χ1) is 29.6. The molecule has 4 aliphatic carbocycles. The number of ether oxygens (including phenoxy) is 3. The van der Waals surface area contributed by atoms with Crippen molar-refractivity contribution in [2.75, 3.05) is 39.3 Å². The van der Waals surface area contributed by atoms with E-state index in [1.165, 1.54) is 50.5 Å². The van der Waals surface area contributed by atoms with E-state index in [1.54, 1.807) is 41.5 Å². The maximum absolute atomic E-state index is 15.5. The summed E-state index contributed by atoms with van der Waals surface area (Å²) < 4.78 is 76.0. The number of unbranched alkanes of at least 4 members (excludes halogenated alkanes) is 1. The van der Waals surface area contributed by atoms with Gasteiger partial charge in [-0.3, -0.25) is 0 Å². The van der Waals surface area contributed by atoms with Gasteiger partial charge in [-0.2, -0.15) is 0 Å². The standard InChI is InChI=1S/C50H86F4N4O6/c1-13-35(33(2)3)17-16-34(4)39-20-21-40-38-19-18-36-28-37(22-24-47(36,11)41(38)23-25-48(39,40)12)62-44(61)58(32-50(53,54)31-57-43(60)64-46(8,9)10)27-15-14-26-55-29-49(51,52)30-56-42(59)63-45(5,6)7/h18,33-35,37-41,55H,13-17,19-32H2,1-12H3,(H,56,59)(H,57,60)/t34-,35-,37+,38+,39-,40+,41+,47+,48-/m1/s1. The molecule has 10 nitrogen and oxygen atoms in total. The first-order valence-corrected chi connectivity index (χ1v) is 24.6. The number of nitrogens with one attached hydrogen (secondary N) is 3. The van der Waals surface area contributed by atoms with Crippen LogP contribution in [0.25, 0.3) is 0 Å². The summed E-state index contributed by atoms with van der Waals surface area (Å²) in [5.41, 5.74) is -0.00453. The molecule has 3 saturated carbocycles. The number of hydrogen-bond acceptors (Lipinski definition) is 7. The molecule has 3 fully saturated rings. The van der Waals surface area contributed by atoms with Crippen LogP contribution >= 0.6 is 0 Å². The topological polar surface area (TPSA) is 118 Å². The number of nitrogens with zero attached hydrogens (tertiary/aromatic N) is 1. The molecule has 0 spiro atoms. The first kappa shape index (κ1) is 53.8. The third kappa shape index (κ3) is 15.1. The number of rotatable bonds is 20. The van der Waals surface area contributed by atoms with Gasteiger partial charge in [-0.15, -0.1) is 0 Å². The quantitative estimate of drug-likeness (QED) is 0.0482. The largest absolute Gasteiger partial charge is 0.446 e. The fourth-order valence-electron chi connectivity index (χ4n) is 12.1. The molecule has 64 heavy (non-hydrogen) atoms. The van der Waals surface area contributed by atoms with Crippen LogP contribution in [0.15, 0.2) is 11.6 Å². The maximum atomic E-state index is 15.5. The minimum Gasteiger partial charge on any atom is -0.446 e. The van der Waals surface area contributed by atoms with E-state index in [0.717, 1.165) is 41.4 Å². The van der Waals surface area contributed by atoms with Crippen molar-refractivity contribution < 1.29 is 46.2 Å². The average Bonchev–Trinajstić information content (AvgIpc) is 3.53. The first-order valence-electron chi connectivity index (χ1n) is 24.6. The van der Waals surface area contributed by atoms with Crippen LogP contribution in [0.1, 0.15) is 167 Å². The Kier molecular flexibility index (Phi) is 18.4. The number of hydrogen-bond donors (Lipinski definition) is 3. The van der Waals surface area contributed by atoms with E-state index in [-0.39, 0.29) is 24.9 Å². The lowest BCUT2D eigenvalue weighted by Crippen LogP contribution is -2.51. The number of amides is 3. The number of carbonyl (C=O) groups excluding carboxylic acids is 3. The lowest BCUT2D eigenvalue weighted by atomic mass is 9.47. The third-order valence-corrected chi connectivity index (χ3v) is 15.4. The molecule has 0 aromatic rings. The fourth-order valence-corrected chi connectivity index (χ4v) is 12.1. The highest BCUT2D eigenvalue weighted by Gasteiger charge is 2.59. The van der Waals surface area contributed by atoms with E-state index in [0.29, 0.717) is 42.4 Å². The van der Waals surface area contributed by atoms with E-state index in [9.17, 15) is 23.2 Å². The smallest absolute Gasteiger partial charge is 0.410 e. The second-order valence-electron chi connectivity index (χ2n) is 22.9. The van der Waals surface area contributed by atoms with Crippen molar-refractivity contribution in [3.05, 3.63) is 11.6 Å². The molecular formula is C50H86F4N4O6. The number of allylic oxidation sites excluding steroid dienone is 1. The minimum atomic E-state index is -3.51. The van der Waals surface area contributed by atoms with Crippen LogP contribution in [0.4, 0.5) is 31.9 Å². The molecule has 0 aliphatic heterocycles. The van der Waals surface area contributed by atoms with Crippen molar-refractivity contribution in [1.29, 1.82) is 0 Å². The molecule has 0 heterocycles. The predicted octanol–water partition coefficient (Wildman–Crippen LogP) is 12.2. The van der Waals surface area contributed by atoms with Gasteiger partial charge in [0.05, 0.1) is 26.2 Å². The SMILES string of the molecule is CC[C@H](CC[C@@H](C)[C@H]1CC[C@H]2[C@@H]3CC=C4C[C@@H](OC(=O)N(CCCCNCC(F)(F)CNC(=O)OC(C)(C)C)CC(F)(F)CNC(=O)OC(C)(C)C)CC[C@]4(C)[C@H]3CC[C@]12C)C(C)C. The van der Waals surface area contributed by atoms with Crippen LogP contribution in [0.2, 0.25) is 0 Å². The highest BCUT2D eigenvalue weighted by molar-refractivity contribution is 5.69. The van der Waals surface area contributed by atoms with Crippen molar-refractivity contribution >= 4 is 18.3 Å². The van der Waals surface area contributed by atoms with Gasteiger partial charge in [0.2, 0.25) is 0 Å². The molecule has 0 bridgehead atoms. The van der Waals surface area contributed by atoms with Crippen LogP contribution in [0, 0.1) is 52.3 Å². The number of fused-ring (bicyclic) bond motifs is 5. The Hall–Kier alpha value is -2.77. The molecule has 3 N–H and O–H groups in total. The van der Waals surface area contributed by atoms with E-state index >= 15 is 8.78 Å². The van der Waals surface area contributed by atoms with Crippen molar-refractivity contribution in [3.8, 4) is 0 Å². The molecule has 0 unspecified atom stereocenters. The van der Waals surface area contributed by atoms with Crippen LogP contribution < -0.4 is 16.0 Å². The van der Waals surface area contributed by atoms with E-state index in [1.807, 2.05) is 0 Å². The highest BCUT2D eigenvalue weighted by atomic mass is 19.3. The lowest BCUT2D eigenvalue weighted by molar-refractivity contribution is -0.0625. The predicted molar refractivity (Wildman–Crippen MR) is 245 cm³/mol. The summed E-state index contributed by atoms with van der Waals surface area (Å²) in [6.07, 6.45) is 11.8. The van der Waals surface area contributed by atoms with Crippen molar-refractivity contribution in [1.82, 2.24) is 20.9 Å². The summed E-state index contributed by atoms with van der Waals surface area (Å²) in [4.78, 5) is 38.8. The van der Waals surface area contributed by atoms with Crippen molar-refractivity contribution in [3.63, 3.8) is 0 Å². The second-order valence-corrected chi connectivity index (χ2v) is 22.9. The molecule has 0 aromatic carbocycles. The molecule has 9 atom stereocenters. The van der Waals surface area contributed by atoms with Gasteiger partial charge >= 0.3 is 18.3 Å². The Bertz CT molecular complexity index is 1580. The molecule has 370 valence electrons. The molecule has 4 rings (SSSR count). The Morgan fingerprint density at radius 3 is 2.03 bits per heavy atom. The Morgan fingerprint density at radius 1 is 0.812 bits per heavy atom. The van der Waals surface area contributed by atoms with Gasteiger partial charge in [0.1, 0.15) is 17.3 Å². The number of alkyl halides is 4.